The van der Waals surface area contributed by atoms with Crippen molar-refractivity contribution in [3.63, 3.8) is 0 Å². The summed E-state index contributed by atoms with van der Waals surface area (Å²) in [4.78, 5) is 11.0. The second kappa shape index (κ2) is 4.13. The molecule has 0 saturated carbocycles. The summed E-state index contributed by atoms with van der Waals surface area (Å²) < 4.78 is 5.10. The van der Waals surface area contributed by atoms with Gasteiger partial charge in [0.25, 0.3) is 0 Å². The zero-order valence-corrected chi connectivity index (χ0v) is 9.34. The van der Waals surface area contributed by atoms with Crippen LogP contribution >= 0.6 is 15.9 Å². The third-order valence-corrected chi connectivity index (χ3v) is 2.87. The summed E-state index contributed by atoms with van der Waals surface area (Å²) in [6.07, 6.45) is 3.47. The van der Waals surface area contributed by atoms with Crippen molar-refractivity contribution in [1.82, 2.24) is 0 Å². The largest absolute Gasteiger partial charge is 0.426 e. The van der Waals surface area contributed by atoms with Gasteiger partial charge in [0.2, 0.25) is 0 Å². The van der Waals surface area contributed by atoms with Crippen molar-refractivity contribution in [2.24, 2.45) is 0 Å². The number of ether oxygens (including phenoxy) is 1. The van der Waals surface area contributed by atoms with Gasteiger partial charge in [-0.1, -0.05) is 22.0 Å². The monoisotopic (exact) mass is 254 g/mol. The zero-order valence-electron chi connectivity index (χ0n) is 7.75. The quantitative estimate of drug-likeness (QED) is 0.461. The molecule has 0 unspecified atom stereocenters. The molecule has 0 amide bonds. The van der Waals surface area contributed by atoms with Gasteiger partial charge in [0.1, 0.15) is 11.1 Å². The smallest absolute Gasteiger partial charge is 0.321 e. The minimum Gasteiger partial charge on any atom is -0.426 e. The zero-order chi connectivity index (χ0) is 9.97. The molecule has 74 valence electrons. The predicted octanol–water partition coefficient (Wildman–Crippen LogP) is 2.48. The van der Waals surface area contributed by atoms with E-state index in [2.05, 4.69) is 22.0 Å². The molecule has 1 aromatic carbocycles. The fourth-order valence-corrected chi connectivity index (χ4v) is 1.88. The van der Waals surface area contributed by atoms with E-state index in [1.807, 2.05) is 12.1 Å². The molecule has 2 rings (SSSR count). The Labute approximate surface area is 91.4 Å². The molecule has 14 heavy (non-hydrogen) atoms. The maximum Gasteiger partial charge on any atom is 0.321 e. The molecule has 0 spiro atoms. The van der Waals surface area contributed by atoms with E-state index < -0.39 is 0 Å². The van der Waals surface area contributed by atoms with E-state index >= 15 is 0 Å². The summed E-state index contributed by atoms with van der Waals surface area (Å²) in [5.41, 5.74) is 2.72. The number of aryl methyl sites for hydroxylation is 2. The predicted molar refractivity (Wildman–Crippen MR) is 57.9 cm³/mol. The molecule has 0 aliphatic heterocycles. The molecule has 0 radical (unpaired) electrons. The summed E-state index contributed by atoms with van der Waals surface area (Å²) in [5, 5.41) is 0.240. The molecule has 0 bridgehead atoms. The molecule has 3 heteroatoms. The van der Waals surface area contributed by atoms with Crippen LogP contribution in [0.15, 0.2) is 18.2 Å². The van der Waals surface area contributed by atoms with Crippen molar-refractivity contribution >= 4 is 21.9 Å². The van der Waals surface area contributed by atoms with Crippen LogP contribution in [0.3, 0.4) is 0 Å². The van der Waals surface area contributed by atoms with Gasteiger partial charge < -0.3 is 4.74 Å². The van der Waals surface area contributed by atoms with Gasteiger partial charge in [-0.3, -0.25) is 4.79 Å². The van der Waals surface area contributed by atoms with E-state index in [-0.39, 0.29) is 11.3 Å². The van der Waals surface area contributed by atoms with Gasteiger partial charge in [-0.25, -0.2) is 0 Å². The van der Waals surface area contributed by atoms with E-state index in [0.29, 0.717) is 5.75 Å². The maximum absolute atomic E-state index is 11.0. The number of carbonyl (C=O) groups excluding carboxylic acids is 1. The molecular weight excluding hydrogens is 244 g/mol. The molecule has 0 heterocycles. The van der Waals surface area contributed by atoms with Gasteiger partial charge in [0.05, 0.1) is 0 Å². The Kier molecular flexibility index (Phi) is 2.87. The number of hydrogen-bond donors (Lipinski definition) is 0. The standard InChI is InChI=1S/C11H11BrO2/c12-7-11(13)14-10-5-4-8-2-1-3-9(8)6-10/h4-6H,1-3,7H2. The summed E-state index contributed by atoms with van der Waals surface area (Å²) >= 11 is 3.06. The minimum absolute atomic E-state index is 0.240. The van der Waals surface area contributed by atoms with Crippen LogP contribution in [0.25, 0.3) is 0 Å². The highest BCUT2D eigenvalue weighted by Crippen LogP contribution is 2.26. The number of carbonyl (C=O) groups is 1. The number of halogens is 1. The molecule has 2 nitrogen and oxygen atoms in total. The SMILES string of the molecule is O=C(CBr)Oc1ccc2c(c1)CCC2. The van der Waals surface area contributed by atoms with Gasteiger partial charge in [-0.2, -0.15) is 0 Å². The Bertz CT molecular complexity index is 360. The van der Waals surface area contributed by atoms with Crippen molar-refractivity contribution in [1.29, 1.82) is 0 Å². The first kappa shape index (κ1) is 9.71. The van der Waals surface area contributed by atoms with E-state index in [4.69, 9.17) is 4.74 Å². The Morgan fingerprint density at radius 1 is 1.36 bits per heavy atom. The lowest BCUT2D eigenvalue weighted by Gasteiger charge is -2.04. The number of fused-ring (bicyclic) bond motifs is 1. The van der Waals surface area contributed by atoms with E-state index in [1.165, 1.54) is 17.5 Å². The summed E-state index contributed by atoms with van der Waals surface area (Å²) in [6, 6.07) is 5.90. The maximum atomic E-state index is 11.0. The van der Waals surface area contributed by atoms with Crippen molar-refractivity contribution in [2.75, 3.05) is 5.33 Å². The lowest BCUT2D eigenvalue weighted by Crippen LogP contribution is -2.08. The van der Waals surface area contributed by atoms with Crippen LogP contribution in [0.5, 0.6) is 5.75 Å². The Hall–Kier alpha value is -0.830. The highest BCUT2D eigenvalue weighted by molar-refractivity contribution is 9.09. The van der Waals surface area contributed by atoms with Crippen molar-refractivity contribution in [3.05, 3.63) is 29.3 Å². The molecule has 0 atom stereocenters. The molecule has 0 fully saturated rings. The molecule has 0 aromatic heterocycles. The molecule has 0 N–H and O–H groups in total. The third kappa shape index (κ3) is 1.98. The lowest BCUT2D eigenvalue weighted by atomic mass is 10.1. The highest BCUT2D eigenvalue weighted by atomic mass is 79.9. The van der Waals surface area contributed by atoms with Crippen LogP contribution in [-0.2, 0) is 17.6 Å². The van der Waals surface area contributed by atoms with E-state index in [0.717, 1.165) is 12.8 Å². The number of hydrogen-bond acceptors (Lipinski definition) is 2. The molecule has 1 aliphatic rings. The first-order valence-electron chi connectivity index (χ1n) is 4.68. The van der Waals surface area contributed by atoms with Crippen LogP contribution in [0.4, 0.5) is 0 Å². The van der Waals surface area contributed by atoms with Crippen molar-refractivity contribution in [2.45, 2.75) is 19.3 Å². The Morgan fingerprint density at radius 3 is 2.93 bits per heavy atom. The molecule has 1 aliphatic carbocycles. The molecule has 1 aromatic rings. The highest BCUT2D eigenvalue weighted by Gasteiger charge is 2.12. The van der Waals surface area contributed by atoms with E-state index in [9.17, 15) is 4.79 Å². The van der Waals surface area contributed by atoms with Gasteiger partial charge >= 0.3 is 5.97 Å². The minimum atomic E-state index is -0.247. The number of benzene rings is 1. The van der Waals surface area contributed by atoms with Crippen molar-refractivity contribution < 1.29 is 9.53 Å². The van der Waals surface area contributed by atoms with Crippen molar-refractivity contribution in [3.8, 4) is 5.75 Å². The average molecular weight is 255 g/mol. The van der Waals surface area contributed by atoms with Gasteiger partial charge in [-0.05, 0) is 42.5 Å². The topological polar surface area (TPSA) is 26.3 Å². The van der Waals surface area contributed by atoms with Gasteiger partial charge in [0.15, 0.2) is 0 Å². The third-order valence-electron chi connectivity index (χ3n) is 2.41. The Balaban J connectivity index is 2.16. The first-order chi connectivity index (χ1) is 6.79. The van der Waals surface area contributed by atoms with Gasteiger partial charge in [0, 0.05) is 0 Å². The molecular formula is C11H11BrO2. The fourth-order valence-electron chi connectivity index (χ4n) is 1.77. The first-order valence-corrected chi connectivity index (χ1v) is 5.80. The average Bonchev–Trinajstić information content (AvgIpc) is 2.64. The Morgan fingerprint density at radius 2 is 2.14 bits per heavy atom. The number of esters is 1. The second-order valence-corrected chi connectivity index (χ2v) is 3.95. The summed E-state index contributed by atoms with van der Waals surface area (Å²) in [6.45, 7) is 0. The van der Waals surface area contributed by atoms with Crippen LogP contribution in [0.1, 0.15) is 17.5 Å². The van der Waals surface area contributed by atoms with E-state index in [1.54, 1.807) is 0 Å². The van der Waals surface area contributed by atoms with Crippen LogP contribution in [0.2, 0.25) is 0 Å². The number of rotatable bonds is 2. The van der Waals surface area contributed by atoms with Crippen LogP contribution in [-0.4, -0.2) is 11.3 Å². The number of alkyl halides is 1. The second-order valence-electron chi connectivity index (χ2n) is 3.39. The summed E-state index contributed by atoms with van der Waals surface area (Å²) in [5.74, 6) is 0.415. The summed E-state index contributed by atoms with van der Waals surface area (Å²) in [7, 11) is 0. The van der Waals surface area contributed by atoms with Crippen LogP contribution in [0, 0.1) is 0 Å². The van der Waals surface area contributed by atoms with Gasteiger partial charge in [-0.15, -0.1) is 0 Å². The lowest BCUT2D eigenvalue weighted by molar-refractivity contribution is -0.131. The normalized spacial score (nSPS) is 13.8. The van der Waals surface area contributed by atoms with Crippen LogP contribution < -0.4 is 4.74 Å². The fraction of sp³-hybridized carbons (Fsp3) is 0.364. The molecule has 0 saturated heterocycles.